The number of aryl methyl sites for hydroxylation is 4. The molecule has 9 heteroatoms. The van der Waals surface area contributed by atoms with E-state index in [4.69, 9.17) is 13.9 Å². The van der Waals surface area contributed by atoms with Crippen molar-refractivity contribution in [2.75, 3.05) is 11.9 Å². The molecule has 0 atom stereocenters. The van der Waals surface area contributed by atoms with Gasteiger partial charge < -0.3 is 13.9 Å². The SMILES string of the molecule is Cc1ccc(-c2oc3c(C)cc(C)cc3c(=O)c2OCC(=O)Nc2nc(C)c(C(=O)OC(C)C)s2)cc1. The number of hydrogen-bond donors (Lipinski definition) is 1. The topological polar surface area (TPSA) is 108 Å². The van der Waals surface area contributed by atoms with E-state index in [0.29, 0.717) is 27.1 Å². The standard InChI is InChI=1S/C28H28N2O6S/c1-14(2)35-27(33)26-18(6)29-28(37-26)30-21(31)13-34-25-22(32)20-12-16(4)11-17(5)23(20)36-24(25)19-9-7-15(3)8-10-19/h7-12,14H,13H2,1-6H3,(H,29,30,31). The summed E-state index contributed by atoms with van der Waals surface area (Å²) >= 11 is 1.02. The number of nitrogens with zero attached hydrogens (tertiary/aromatic N) is 1. The van der Waals surface area contributed by atoms with Gasteiger partial charge in [-0.2, -0.15) is 0 Å². The normalized spacial score (nSPS) is 11.1. The van der Waals surface area contributed by atoms with Crippen molar-refractivity contribution in [1.29, 1.82) is 0 Å². The van der Waals surface area contributed by atoms with Crippen LogP contribution in [0.4, 0.5) is 5.13 Å². The lowest BCUT2D eigenvalue weighted by Gasteiger charge is -2.13. The zero-order chi connectivity index (χ0) is 26.9. The Bertz CT molecular complexity index is 1550. The Hall–Kier alpha value is -3.98. The average molecular weight is 521 g/mol. The van der Waals surface area contributed by atoms with Crippen LogP contribution < -0.4 is 15.5 Å². The summed E-state index contributed by atoms with van der Waals surface area (Å²) in [6.07, 6.45) is -0.274. The summed E-state index contributed by atoms with van der Waals surface area (Å²) in [6, 6.07) is 11.2. The van der Waals surface area contributed by atoms with Crippen molar-refractivity contribution in [2.24, 2.45) is 0 Å². The highest BCUT2D eigenvalue weighted by atomic mass is 32.1. The van der Waals surface area contributed by atoms with Gasteiger partial charge in [-0.1, -0.05) is 47.2 Å². The highest BCUT2D eigenvalue weighted by Gasteiger charge is 2.22. The molecule has 0 fully saturated rings. The number of carbonyl (C=O) groups excluding carboxylic acids is 2. The summed E-state index contributed by atoms with van der Waals surface area (Å²) in [4.78, 5) is 43.0. The first-order valence-corrected chi connectivity index (χ1v) is 12.6. The van der Waals surface area contributed by atoms with Crippen molar-refractivity contribution in [3.05, 3.63) is 73.9 Å². The molecule has 8 nitrogen and oxygen atoms in total. The van der Waals surface area contributed by atoms with E-state index in [-0.39, 0.29) is 28.2 Å². The summed E-state index contributed by atoms with van der Waals surface area (Å²) in [5.41, 5.74) is 4.02. The number of esters is 1. The molecule has 0 aliphatic heterocycles. The third-order valence-corrected chi connectivity index (χ3v) is 6.57. The molecule has 0 aliphatic carbocycles. The van der Waals surface area contributed by atoms with Gasteiger partial charge in [-0.15, -0.1) is 0 Å². The first kappa shape index (κ1) is 26.1. The first-order valence-electron chi connectivity index (χ1n) is 11.8. The highest BCUT2D eigenvalue weighted by Crippen LogP contribution is 2.33. The predicted molar refractivity (Wildman–Crippen MR) is 144 cm³/mol. The monoisotopic (exact) mass is 520 g/mol. The number of thiazole rings is 1. The van der Waals surface area contributed by atoms with E-state index in [1.807, 2.05) is 51.1 Å². The molecule has 0 spiro atoms. The zero-order valence-corrected chi connectivity index (χ0v) is 22.4. The summed E-state index contributed by atoms with van der Waals surface area (Å²) in [5.74, 6) is -0.828. The van der Waals surface area contributed by atoms with Gasteiger partial charge in [-0.05, 0) is 58.7 Å². The number of aromatic nitrogens is 1. The molecule has 1 amide bonds. The molecule has 192 valence electrons. The Labute approximate surface area is 218 Å². The lowest BCUT2D eigenvalue weighted by atomic mass is 10.0. The predicted octanol–water partition coefficient (Wildman–Crippen LogP) is 5.73. The van der Waals surface area contributed by atoms with Gasteiger partial charge >= 0.3 is 5.97 Å². The largest absolute Gasteiger partial charge is 0.476 e. The van der Waals surface area contributed by atoms with Crippen LogP contribution in [-0.2, 0) is 9.53 Å². The lowest BCUT2D eigenvalue weighted by molar-refractivity contribution is -0.118. The number of fused-ring (bicyclic) bond motifs is 1. The van der Waals surface area contributed by atoms with Crippen molar-refractivity contribution in [3.8, 4) is 17.1 Å². The zero-order valence-electron chi connectivity index (χ0n) is 21.6. The minimum Gasteiger partial charge on any atom is -0.476 e. The van der Waals surface area contributed by atoms with E-state index < -0.39 is 18.5 Å². The molecule has 0 radical (unpaired) electrons. The number of amides is 1. The van der Waals surface area contributed by atoms with Crippen LogP contribution in [-0.4, -0.2) is 29.6 Å². The minimum atomic E-state index is -0.535. The molecular formula is C28H28N2O6S. The fourth-order valence-corrected chi connectivity index (χ4v) is 4.72. The Morgan fingerprint density at radius 2 is 1.76 bits per heavy atom. The molecule has 0 bridgehead atoms. The minimum absolute atomic E-state index is 0.0481. The average Bonchev–Trinajstić information content (AvgIpc) is 3.19. The summed E-state index contributed by atoms with van der Waals surface area (Å²) in [7, 11) is 0. The molecule has 0 aliphatic rings. The van der Waals surface area contributed by atoms with Gasteiger partial charge in [0.25, 0.3) is 5.91 Å². The van der Waals surface area contributed by atoms with Crippen LogP contribution in [0, 0.1) is 27.7 Å². The van der Waals surface area contributed by atoms with E-state index in [9.17, 15) is 14.4 Å². The number of hydrogen-bond acceptors (Lipinski definition) is 8. The molecule has 2 aromatic heterocycles. The molecule has 4 aromatic rings. The van der Waals surface area contributed by atoms with E-state index in [1.54, 1.807) is 26.8 Å². The first-order chi connectivity index (χ1) is 17.5. The molecular weight excluding hydrogens is 492 g/mol. The van der Waals surface area contributed by atoms with Crippen LogP contribution in [0.25, 0.3) is 22.3 Å². The lowest BCUT2D eigenvalue weighted by Crippen LogP contribution is -2.22. The number of nitrogens with one attached hydrogen (secondary N) is 1. The second kappa shape index (κ2) is 10.6. The molecule has 2 aromatic carbocycles. The van der Waals surface area contributed by atoms with Gasteiger partial charge in [0.1, 0.15) is 10.5 Å². The van der Waals surface area contributed by atoms with Gasteiger partial charge in [0.15, 0.2) is 17.5 Å². The van der Waals surface area contributed by atoms with Gasteiger partial charge in [0, 0.05) is 5.56 Å². The second-order valence-corrected chi connectivity index (χ2v) is 10.1. The van der Waals surface area contributed by atoms with E-state index in [1.165, 1.54) is 0 Å². The quantitative estimate of drug-likeness (QED) is 0.310. The third-order valence-electron chi connectivity index (χ3n) is 5.51. The van der Waals surface area contributed by atoms with Gasteiger partial charge in [-0.3, -0.25) is 14.9 Å². The smallest absolute Gasteiger partial charge is 0.350 e. The van der Waals surface area contributed by atoms with E-state index in [0.717, 1.165) is 28.0 Å². The summed E-state index contributed by atoms with van der Waals surface area (Å²) < 4.78 is 17.2. The fraction of sp³-hybridized carbons (Fsp3) is 0.286. The number of carbonyl (C=O) groups is 2. The molecule has 0 saturated carbocycles. The third kappa shape index (κ3) is 5.72. The molecule has 37 heavy (non-hydrogen) atoms. The van der Waals surface area contributed by atoms with Crippen LogP contribution in [0.1, 0.15) is 45.9 Å². The van der Waals surface area contributed by atoms with Gasteiger partial charge in [0.2, 0.25) is 11.2 Å². The summed E-state index contributed by atoms with van der Waals surface area (Å²) in [6.45, 7) is 10.5. The molecule has 1 N–H and O–H groups in total. The molecule has 0 saturated heterocycles. The molecule has 0 unspecified atom stereocenters. The van der Waals surface area contributed by atoms with E-state index in [2.05, 4.69) is 10.3 Å². The fourth-order valence-electron chi connectivity index (χ4n) is 3.86. The van der Waals surface area contributed by atoms with Crippen LogP contribution >= 0.6 is 11.3 Å². The Balaban J connectivity index is 1.63. The van der Waals surface area contributed by atoms with Crippen LogP contribution in [0.2, 0.25) is 0 Å². The number of rotatable bonds is 7. The molecule has 4 rings (SSSR count). The number of benzene rings is 2. The Kier molecular flexibility index (Phi) is 7.45. The van der Waals surface area contributed by atoms with Crippen molar-refractivity contribution < 1.29 is 23.5 Å². The van der Waals surface area contributed by atoms with Crippen LogP contribution in [0.5, 0.6) is 5.75 Å². The van der Waals surface area contributed by atoms with Crippen LogP contribution in [0.15, 0.2) is 45.6 Å². The Morgan fingerprint density at radius 1 is 1.05 bits per heavy atom. The van der Waals surface area contributed by atoms with Gasteiger partial charge in [0.05, 0.1) is 17.2 Å². The number of ether oxygens (including phenoxy) is 2. The summed E-state index contributed by atoms with van der Waals surface area (Å²) in [5, 5.41) is 3.24. The van der Waals surface area contributed by atoms with Crippen molar-refractivity contribution >= 4 is 39.3 Å². The maximum atomic E-state index is 13.5. The van der Waals surface area contributed by atoms with E-state index >= 15 is 0 Å². The number of anilines is 1. The molecule has 2 heterocycles. The van der Waals surface area contributed by atoms with Crippen molar-refractivity contribution in [1.82, 2.24) is 4.98 Å². The van der Waals surface area contributed by atoms with Gasteiger partial charge in [-0.25, -0.2) is 9.78 Å². The van der Waals surface area contributed by atoms with Crippen molar-refractivity contribution in [2.45, 2.75) is 47.6 Å². The maximum Gasteiger partial charge on any atom is 0.350 e. The second-order valence-electron chi connectivity index (χ2n) is 9.14. The maximum absolute atomic E-state index is 13.5. The highest BCUT2D eigenvalue weighted by molar-refractivity contribution is 7.17. The van der Waals surface area contributed by atoms with Crippen LogP contribution in [0.3, 0.4) is 0 Å². The Morgan fingerprint density at radius 3 is 2.43 bits per heavy atom. The van der Waals surface area contributed by atoms with Crippen molar-refractivity contribution in [3.63, 3.8) is 0 Å².